The maximum atomic E-state index is 5.62. The molecule has 0 saturated carbocycles. The third kappa shape index (κ3) is 4.30. The van der Waals surface area contributed by atoms with E-state index in [2.05, 4.69) is 182 Å². The summed E-state index contributed by atoms with van der Waals surface area (Å²) in [5, 5.41) is 4.87. The van der Waals surface area contributed by atoms with E-state index in [-0.39, 0.29) is 5.41 Å². The van der Waals surface area contributed by atoms with Gasteiger partial charge >= 0.3 is 0 Å². The second-order valence-electron chi connectivity index (χ2n) is 13.9. The van der Waals surface area contributed by atoms with Crippen LogP contribution in [0.5, 0.6) is 0 Å². The molecule has 236 valence electrons. The van der Waals surface area contributed by atoms with Gasteiger partial charge in [0.05, 0.1) is 16.7 Å². The quantitative estimate of drug-likeness (QED) is 0.192. The maximum absolute atomic E-state index is 5.62. The Kier molecular flexibility index (Phi) is 6.22. The summed E-state index contributed by atoms with van der Waals surface area (Å²) in [6, 6.07) is 58.8. The van der Waals surface area contributed by atoms with E-state index in [0.717, 1.165) is 61.8 Å². The second-order valence-corrected chi connectivity index (χ2v) is 13.9. The van der Waals surface area contributed by atoms with E-state index in [1.54, 1.807) is 0 Å². The van der Waals surface area contributed by atoms with Crippen molar-refractivity contribution >= 4 is 32.6 Å². The fourth-order valence-electron chi connectivity index (χ4n) is 8.05. The van der Waals surface area contributed by atoms with Gasteiger partial charge in [-0.1, -0.05) is 141 Å². The van der Waals surface area contributed by atoms with Gasteiger partial charge in [0.1, 0.15) is 5.82 Å². The van der Waals surface area contributed by atoms with Crippen LogP contribution >= 0.6 is 0 Å². The first kappa shape index (κ1) is 28.7. The minimum absolute atomic E-state index is 0.316. The molecule has 0 amide bonds. The van der Waals surface area contributed by atoms with Crippen molar-refractivity contribution in [2.45, 2.75) is 19.3 Å². The first-order chi connectivity index (χ1) is 24.5. The highest BCUT2D eigenvalue weighted by Gasteiger charge is 2.40. The van der Waals surface area contributed by atoms with Crippen molar-refractivity contribution in [1.82, 2.24) is 14.5 Å². The molecule has 50 heavy (non-hydrogen) atoms. The lowest BCUT2D eigenvalue weighted by Crippen LogP contribution is -2.18. The first-order valence-corrected chi connectivity index (χ1v) is 17.3. The first-order valence-electron chi connectivity index (χ1n) is 17.3. The summed E-state index contributed by atoms with van der Waals surface area (Å²) in [5.74, 6) is 1.64. The van der Waals surface area contributed by atoms with Crippen molar-refractivity contribution in [3.05, 3.63) is 175 Å². The highest BCUT2D eigenvalue weighted by Crippen LogP contribution is 2.51. The zero-order chi connectivity index (χ0) is 33.4. The highest BCUT2D eigenvalue weighted by atomic mass is 15.1. The molecule has 0 bridgehead atoms. The third-order valence-electron chi connectivity index (χ3n) is 10.5. The fraction of sp³-hybridized carbons (Fsp3) is 0.0638. The van der Waals surface area contributed by atoms with E-state index in [1.807, 2.05) is 0 Å². The smallest absolute Gasteiger partial charge is 0.161 e. The Labute approximate surface area is 291 Å². The molecule has 0 saturated heterocycles. The van der Waals surface area contributed by atoms with Gasteiger partial charge in [-0.15, -0.1) is 0 Å². The van der Waals surface area contributed by atoms with Crippen LogP contribution in [0, 0.1) is 0 Å². The summed E-state index contributed by atoms with van der Waals surface area (Å²) in [5.41, 5.74) is 12.2. The molecule has 2 aromatic heterocycles. The molecule has 10 rings (SSSR count). The maximum Gasteiger partial charge on any atom is 0.161 e. The zero-order valence-electron chi connectivity index (χ0n) is 27.9. The lowest BCUT2D eigenvalue weighted by Gasteiger charge is -2.22. The monoisotopic (exact) mass is 639 g/mol. The Morgan fingerprint density at radius 2 is 1.04 bits per heavy atom. The van der Waals surface area contributed by atoms with Crippen molar-refractivity contribution < 1.29 is 0 Å². The average Bonchev–Trinajstić information content (AvgIpc) is 3.62. The van der Waals surface area contributed by atoms with Crippen LogP contribution < -0.4 is 0 Å². The largest absolute Gasteiger partial charge is 0.293 e. The van der Waals surface area contributed by atoms with E-state index in [0.29, 0.717) is 0 Å². The molecule has 3 nitrogen and oxygen atoms in total. The van der Waals surface area contributed by atoms with E-state index in [4.69, 9.17) is 9.97 Å². The van der Waals surface area contributed by atoms with Gasteiger partial charge in [-0.3, -0.25) is 4.57 Å². The Hall–Kier alpha value is -6.32. The Morgan fingerprint density at radius 1 is 0.460 bits per heavy atom. The average molecular weight is 640 g/mol. The van der Waals surface area contributed by atoms with Crippen molar-refractivity contribution in [1.29, 1.82) is 0 Å². The number of hydrogen-bond acceptors (Lipinski definition) is 2. The van der Waals surface area contributed by atoms with Gasteiger partial charge in [-0.25, -0.2) is 9.97 Å². The van der Waals surface area contributed by atoms with Crippen molar-refractivity contribution in [3.8, 4) is 50.6 Å². The zero-order valence-corrected chi connectivity index (χ0v) is 27.9. The number of aromatic nitrogens is 3. The van der Waals surface area contributed by atoms with Gasteiger partial charge in [0.25, 0.3) is 0 Å². The fourth-order valence-corrected chi connectivity index (χ4v) is 8.05. The Balaban J connectivity index is 1.33. The SMILES string of the molecule is CC1(C)c2ccccc2-c2c(-n3c4ccccc4c4cc5ccccc5cc43)nc(-c3cc(-c4ccccc4)cc(-c4ccccc4)c3)nc21. The van der Waals surface area contributed by atoms with Crippen molar-refractivity contribution in [2.75, 3.05) is 0 Å². The van der Waals surface area contributed by atoms with Gasteiger partial charge in [-0.2, -0.15) is 0 Å². The van der Waals surface area contributed by atoms with Crippen LogP contribution in [0.1, 0.15) is 25.1 Å². The van der Waals surface area contributed by atoms with E-state index >= 15 is 0 Å². The normalized spacial score (nSPS) is 13.2. The van der Waals surface area contributed by atoms with Crippen LogP contribution in [0.2, 0.25) is 0 Å². The van der Waals surface area contributed by atoms with Gasteiger partial charge in [0.15, 0.2) is 5.82 Å². The lowest BCUT2D eigenvalue weighted by atomic mass is 9.85. The third-order valence-corrected chi connectivity index (χ3v) is 10.5. The van der Waals surface area contributed by atoms with Crippen molar-refractivity contribution in [2.24, 2.45) is 0 Å². The predicted molar refractivity (Wildman–Crippen MR) is 208 cm³/mol. The molecule has 0 aliphatic heterocycles. The van der Waals surface area contributed by atoms with Crippen LogP contribution in [-0.2, 0) is 5.41 Å². The van der Waals surface area contributed by atoms with Crippen LogP contribution in [0.4, 0.5) is 0 Å². The van der Waals surface area contributed by atoms with E-state index in [9.17, 15) is 0 Å². The summed E-state index contributed by atoms with van der Waals surface area (Å²) < 4.78 is 2.39. The summed E-state index contributed by atoms with van der Waals surface area (Å²) in [6.45, 7) is 4.60. The number of para-hydroxylation sites is 1. The summed E-state index contributed by atoms with van der Waals surface area (Å²) in [7, 11) is 0. The van der Waals surface area contributed by atoms with Crippen LogP contribution in [-0.4, -0.2) is 14.5 Å². The molecule has 9 aromatic rings. The molecule has 0 fully saturated rings. The molecule has 2 heterocycles. The van der Waals surface area contributed by atoms with E-state index in [1.165, 1.54) is 32.7 Å². The number of benzene rings is 7. The number of nitrogens with zero attached hydrogens (tertiary/aromatic N) is 3. The van der Waals surface area contributed by atoms with Gasteiger partial charge < -0.3 is 0 Å². The van der Waals surface area contributed by atoms with Gasteiger partial charge in [0.2, 0.25) is 0 Å². The van der Waals surface area contributed by atoms with Crippen LogP contribution in [0.3, 0.4) is 0 Å². The summed E-state index contributed by atoms with van der Waals surface area (Å²) in [6.07, 6.45) is 0. The molecule has 0 unspecified atom stereocenters. The molecule has 0 N–H and O–H groups in total. The molecular formula is C47H33N3. The molecule has 0 spiro atoms. The standard InChI is InChI=1S/C47H33N3/c1-47(2)40-23-13-11-22-38(40)43-44(47)48-45(36-26-34(30-15-5-3-6-16-30)25-35(27-36)31-17-7-4-8-18-31)49-46(43)50-41-24-14-12-21-37(41)39-28-32-19-9-10-20-33(32)29-42(39)50/h3-29H,1-2H3. The van der Waals surface area contributed by atoms with E-state index < -0.39 is 0 Å². The summed E-state index contributed by atoms with van der Waals surface area (Å²) >= 11 is 0. The van der Waals surface area contributed by atoms with Crippen molar-refractivity contribution in [3.63, 3.8) is 0 Å². The van der Waals surface area contributed by atoms with Gasteiger partial charge in [0, 0.05) is 27.3 Å². The summed E-state index contributed by atoms with van der Waals surface area (Å²) in [4.78, 5) is 11.1. The topological polar surface area (TPSA) is 30.7 Å². The minimum atomic E-state index is -0.316. The molecule has 0 radical (unpaired) electrons. The Bertz CT molecular complexity index is 2720. The minimum Gasteiger partial charge on any atom is -0.293 e. The van der Waals surface area contributed by atoms with Gasteiger partial charge in [-0.05, 0) is 80.6 Å². The molecule has 0 atom stereocenters. The van der Waals surface area contributed by atoms with Crippen LogP contribution in [0.15, 0.2) is 164 Å². The molecule has 3 heteroatoms. The van der Waals surface area contributed by atoms with Crippen LogP contribution in [0.25, 0.3) is 83.2 Å². The predicted octanol–water partition coefficient (Wildman–Crippen LogP) is 12.0. The highest BCUT2D eigenvalue weighted by molar-refractivity contribution is 6.14. The molecule has 1 aliphatic carbocycles. The molecule has 1 aliphatic rings. The molecule has 7 aromatic carbocycles. The number of rotatable bonds is 4. The Morgan fingerprint density at radius 3 is 1.76 bits per heavy atom. The lowest BCUT2D eigenvalue weighted by molar-refractivity contribution is 0.635. The molecular weight excluding hydrogens is 607 g/mol. The second kappa shape index (κ2) is 10.8. The number of fused-ring (bicyclic) bond motifs is 7. The number of hydrogen-bond donors (Lipinski definition) is 0.